The minimum atomic E-state index is -0.233. The van der Waals surface area contributed by atoms with Crippen molar-refractivity contribution in [3.8, 4) is 0 Å². The fraction of sp³-hybridized carbons (Fsp3) is 0.600. The molecule has 19 heavy (non-hydrogen) atoms. The van der Waals surface area contributed by atoms with Gasteiger partial charge in [-0.25, -0.2) is 0 Å². The van der Waals surface area contributed by atoms with E-state index in [1.807, 2.05) is 13.0 Å². The Morgan fingerprint density at radius 3 is 2.68 bits per heavy atom. The number of benzene rings is 1. The molecule has 0 amide bonds. The molecular formula is C15H23BrN2O. The van der Waals surface area contributed by atoms with Crippen LogP contribution in [0.15, 0.2) is 22.7 Å². The molecule has 106 valence electrons. The van der Waals surface area contributed by atoms with Crippen molar-refractivity contribution in [3.63, 3.8) is 0 Å². The number of nitrogens with two attached hydrogens (primary N) is 1. The van der Waals surface area contributed by atoms with E-state index in [1.54, 1.807) is 0 Å². The molecule has 1 aromatic carbocycles. The average molecular weight is 327 g/mol. The van der Waals surface area contributed by atoms with Crippen LogP contribution in [-0.2, 0) is 0 Å². The zero-order valence-electron chi connectivity index (χ0n) is 11.6. The number of hydrogen-bond acceptors (Lipinski definition) is 3. The van der Waals surface area contributed by atoms with Crippen LogP contribution in [0.4, 0.5) is 5.69 Å². The predicted octanol–water partition coefficient (Wildman–Crippen LogP) is 3.21. The van der Waals surface area contributed by atoms with Crippen molar-refractivity contribution < 1.29 is 5.11 Å². The van der Waals surface area contributed by atoms with Crippen LogP contribution in [0.1, 0.15) is 44.2 Å². The van der Waals surface area contributed by atoms with Gasteiger partial charge in [0.25, 0.3) is 0 Å². The number of halogens is 1. The zero-order valence-corrected chi connectivity index (χ0v) is 13.2. The first-order valence-corrected chi connectivity index (χ1v) is 7.76. The van der Waals surface area contributed by atoms with E-state index >= 15 is 0 Å². The van der Waals surface area contributed by atoms with Gasteiger partial charge in [0.15, 0.2) is 0 Å². The Labute approximate surface area is 123 Å². The van der Waals surface area contributed by atoms with Crippen molar-refractivity contribution in [3.05, 3.63) is 28.2 Å². The summed E-state index contributed by atoms with van der Waals surface area (Å²) in [6.45, 7) is 2.00. The number of hydrogen-bond donors (Lipinski definition) is 2. The van der Waals surface area contributed by atoms with Crippen LogP contribution in [0.2, 0.25) is 0 Å². The molecule has 1 aliphatic rings. The largest absolute Gasteiger partial charge is 0.391 e. The zero-order chi connectivity index (χ0) is 14.0. The smallest absolute Gasteiger partial charge is 0.0743 e. The fourth-order valence-corrected chi connectivity index (χ4v) is 3.31. The molecule has 0 aliphatic heterocycles. The second-order valence-electron chi connectivity index (χ2n) is 5.52. The molecular weight excluding hydrogens is 304 g/mol. The molecule has 3 atom stereocenters. The van der Waals surface area contributed by atoms with Gasteiger partial charge in [-0.2, -0.15) is 0 Å². The van der Waals surface area contributed by atoms with Crippen molar-refractivity contribution >= 4 is 21.6 Å². The van der Waals surface area contributed by atoms with E-state index in [-0.39, 0.29) is 18.2 Å². The Hall–Kier alpha value is -0.580. The first-order valence-electron chi connectivity index (χ1n) is 6.96. The molecule has 0 heterocycles. The first kappa shape index (κ1) is 14.8. The molecule has 3 nitrogen and oxygen atoms in total. The predicted molar refractivity (Wildman–Crippen MR) is 83.4 cm³/mol. The average Bonchev–Trinajstić information content (AvgIpc) is 2.38. The van der Waals surface area contributed by atoms with Gasteiger partial charge in [-0.1, -0.05) is 28.8 Å². The van der Waals surface area contributed by atoms with Gasteiger partial charge in [0.05, 0.1) is 12.1 Å². The lowest BCUT2D eigenvalue weighted by molar-refractivity contribution is 0.106. The Morgan fingerprint density at radius 1 is 1.37 bits per heavy atom. The molecule has 0 bridgehead atoms. The van der Waals surface area contributed by atoms with Gasteiger partial charge in [-0.15, -0.1) is 0 Å². The van der Waals surface area contributed by atoms with Gasteiger partial charge < -0.3 is 15.7 Å². The Kier molecular flexibility index (Phi) is 4.87. The monoisotopic (exact) mass is 326 g/mol. The first-order chi connectivity index (χ1) is 9.00. The summed E-state index contributed by atoms with van der Waals surface area (Å²) in [4.78, 5) is 2.20. The maximum Gasteiger partial charge on any atom is 0.0743 e. The van der Waals surface area contributed by atoms with Gasteiger partial charge >= 0.3 is 0 Å². The van der Waals surface area contributed by atoms with Crippen LogP contribution < -0.4 is 10.6 Å². The number of aliphatic hydroxyl groups excluding tert-OH is 1. The number of rotatable bonds is 3. The Balaban J connectivity index is 2.29. The minimum absolute atomic E-state index is 0.0179. The summed E-state index contributed by atoms with van der Waals surface area (Å²) < 4.78 is 1.04. The van der Waals surface area contributed by atoms with Crippen molar-refractivity contribution in [2.45, 2.75) is 50.8 Å². The normalized spacial score (nSPS) is 25.1. The maximum atomic E-state index is 10.2. The summed E-state index contributed by atoms with van der Waals surface area (Å²) in [6, 6.07) is 6.38. The van der Waals surface area contributed by atoms with Gasteiger partial charge in [0, 0.05) is 23.2 Å². The maximum absolute atomic E-state index is 10.2. The van der Waals surface area contributed by atoms with E-state index in [1.165, 1.54) is 6.42 Å². The second kappa shape index (κ2) is 6.25. The molecule has 0 saturated heterocycles. The number of anilines is 1. The van der Waals surface area contributed by atoms with Crippen LogP contribution in [0.25, 0.3) is 0 Å². The van der Waals surface area contributed by atoms with E-state index in [2.05, 4.69) is 40.0 Å². The summed E-state index contributed by atoms with van der Waals surface area (Å²) >= 11 is 3.50. The highest BCUT2D eigenvalue weighted by molar-refractivity contribution is 9.10. The number of aliphatic hydroxyl groups is 1. The Bertz CT molecular complexity index is 436. The third kappa shape index (κ3) is 3.30. The summed E-state index contributed by atoms with van der Waals surface area (Å²) in [5.74, 6) is 0. The highest BCUT2D eigenvalue weighted by Crippen LogP contribution is 2.32. The van der Waals surface area contributed by atoms with Crippen molar-refractivity contribution in [2.24, 2.45) is 5.73 Å². The molecule has 3 unspecified atom stereocenters. The summed E-state index contributed by atoms with van der Waals surface area (Å²) in [7, 11) is 2.06. The fourth-order valence-electron chi connectivity index (χ4n) is 2.93. The molecule has 1 fully saturated rings. The third-order valence-corrected chi connectivity index (χ3v) is 4.54. The minimum Gasteiger partial charge on any atom is -0.391 e. The van der Waals surface area contributed by atoms with E-state index < -0.39 is 0 Å². The summed E-state index contributed by atoms with van der Waals surface area (Å²) in [5, 5.41) is 10.2. The van der Waals surface area contributed by atoms with Crippen molar-refractivity contribution in [2.75, 3.05) is 11.9 Å². The molecule has 1 aromatic rings. The van der Waals surface area contributed by atoms with Crippen LogP contribution in [0, 0.1) is 0 Å². The lowest BCUT2D eigenvalue weighted by Crippen LogP contribution is -2.44. The van der Waals surface area contributed by atoms with Crippen molar-refractivity contribution in [1.29, 1.82) is 0 Å². The van der Waals surface area contributed by atoms with Gasteiger partial charge in [-0.05, 0) is 43.5 Å². The topological polar surface area (TPSA) is 49.5 Å². The standard InChI is InChI=1S/C15H23BrN2O/c1-10(17)12-9-11(16)7-8-13(12)18(2)14-5-3-4-6-15(14)19/h7-10,14-15,19H,3-6,17H2,1-2H3. The van der Waals surface area contributed by atoms with Crippen molar-refractivity contribution in [1.82, 2.24) is 0 Å². The van der Waals surface area contributed by atoms with Gasteiger partial charge in [0.1, 0.15) is 0 Å². The van der Waals surface area contributed by atoms with E-state index in [4.69, 9.17) is 5.73 Å². The molecule has 4 heteroatoms. The summed E-state index contributed by atoms with van der Waals surface area (Å²) in [5.41, 5.74) is 8.32. The molecule has 1 saturated carbocycles. The quantitative estimate of drug-likeness (QED) is 0.896. The molecule has 2 rings (SSSR count). The Morgan fingerprint density at radius 2 is 2.05 bits per heavy atom. The lowest BCUT2D eigenvalue weighted by Gasteiger charge is -2.38. The van der Waals surface area contributed by atoms with Crippen LogP contribution in [0.5, 0.6) is 0 Å². The number of likely N-dealkylation sites (N-methyl/N-ethyl adjacent to an activating group) is 1. The highest BCUT2D eigenvalue weighted by atomic mass is 79.9. The van der Waals surface area contributed by atoms with Crippen LogP contribution >= 0.6 is 15.9 Å². The lowest BCUT2D eigenvalue weighted by atomic mass is 9.90. The van der Waals surface area contributed by atoms with Gasteiger partial charge in [0.2, 0.25) is 0 Å². The van der Waals surface area contributed by atoms with E-state index in [0.717, 1.165) is 35.0 Å². The molecule has 0 aromatic heterocycles. The molecule has 0 spiro atoms. The van der Waals surface area contributed by atoms with E-state index in [0.29, 0.717) is 0 Å². The molecule has 1 aliphatic carbocycles. The van der Waals surface area contributed by atoms with E-state index in [9.17, 15) is 5.11 Å². The molecule has 0 radical (unpaired) electrons. The highest BCUT2D eigenvalue weighted by Gasteiger charge is 2.28. The SMILES string of the molecule is CC(N)c1cc(Br)ccc1N(C)C1CCCCC1O. The van der Waals surface area contributed by atoms with Gasteiger partial charge in [-0.3, -0.25) is 0 Å². The summed E-state index contributed by atoms with van der Waals surface area (Å²) in [6.07, 6.45) is 4.04. The second-order valence-corrected chi connectivity index (χ2v) is 6.44. The number of nitrogens with zero attached hydrogens (tertiary/aromatic N) is 1. The molecule has 3 N–H and O–H groups in total. The van der Waals surface area contributed by atoms with Crippen LogP contribution in [0.3, 0.4) is 0 Å². The van der Waals surface area contributed by atoms with Crippen LogP contribution in [-0.4, -0.2) is 24.3 Å². The third-order valence-electron chi connectivity index (χ3n) is 4.05.